The van der Waals surface area contributed by atoms with E-state index in [1.165, 1.54) is 17.4 Å². The van der Waals surface area contributed by atoms with Crippen LogP contribution in [0.1, 0.15) is 78.2 Å². The summed E-state index contributed by atoms with van der Waals surface area (Å²) in [6.45, 7) is 10.0. The van der Waals surface area contributed by atoms with Crippen LogP contribution >= 0.6 is 0 Å². The molecule has 1 aliphatic rings. The van der Waals surface area contributed by atoms with Crippen molar-refractivity contribution in [3.8, 4) is 12.8 Å². The predicted octanol–water partition coefficient (Wildman–Crippen LogP) is 6.71. The Labute approximate surface area is 186 Å². The Morgan fingerprint density at radius 2 is 1.94 bits per heavy atom. The number of carbonyl (C=O) groups is 1. The Morgan fingerprint density at radius 3 is 2.39 bits per heavy atom. The molecule has 0 saturated carbocycles. The maximum atomic E-state index is 13.1. The molecule has 0 fully saturated rings. The Bertz CT molecular complexity index is 794. The number of nitrogens with zero attached hydrogens (tertiary/aromatic N) is 1. The number of allylic oxidation sites excluding steroid dienone is 4. The minimum Gasteiger partial charge on any atom is -0.307 e. The second-order valence-electron chi connectivity index (χ2n) is 7.29. The number of halogens is 2. The molecule has 0 aliphatic carbocycles. The molecule has 0 radical (unpaired) electrons. The molecule has 2 atom stereocenters. The first-order valence-corrected chi connectivity index (χ1v) is 10.8. The largest absolute Gasteiger partial charge is 0.307 e. The summed E-state index contributed by atoms with van der Waals surface area (Å²) in [6, 6.07) is 4.39. The summed E-state index contributed by atoms with van der Waals surface area (Å²) in [7, 11) is 0. The van der Waals surface area contributed by atoms with Gasteiger partial charge in [-0.05, 0) is 56.4 Å². The van der Waals surface area contributed by atoms with Crippen LogP contribution in [-0.2, 0) is 4.79 Å². The summed E-state index contributed by atoms with van der Waals surface area (Å²) < 4.78 is 26.0. The highest BCUT2D eigenvalue weighted by Gasteiger charge is 2.16. The molecule has 0 amide bonds. The van der Waals surface area contributed by atoms with E-state index < -0.39 is 11.6 Å². The van der Waals surface area contributed by atoms with E-state index in [9.17, 15) is 13.6 Å². The number of benzene rings is 1. The molecule has 2 unspecified atom stereocenters. The lowest BCUT2D eigenvalue weighted by Crippen LogP contribution is -2.13. The van der Waals surface area contributed by atoms with Gasteiger partial charge in [-0.2, -0.15) is 5.10 Å². The third-order valence-electron chi connectivity index (χ3n) is 4.83. The first-order valence-electron chi connectivity index (χ1n) is 10.8. The molecule has 0 bridgehead atoms. The fourth-order valence-corrected chi connectivity index (χ4v) is 3.21. The predicted molar refractivity (Wildman–Crippen MR) is 127 cm³/mol. The molecular weight excluding hydrogens is 394 g/mol. The first kappa shape index (κ1) is 28.3. The van der Waals surface area contributed by atoms with Crippen molar-refractivity contribution in [1.29, 1.82) is 0 Å². The van der Waals surface area contributed by atoms with Gasteiger partial charge in [-0.25, -0.2) is 8.78 Å². The van der Waals surface area contributed by atoms with E-state index in [0.717, 1.165) is 25.3 Å². The van der Waals surface area contributed by atoms with Gasteiger partial charge in [0.05, 0.1) is 5.71 Å². The third kappa shape index (κ3) is 10.2. The molecule has 1 aromatic carbocycles. The molecule has 1 N–H and O–H groups in total. The topological polar surface area (TPSA) is 41.5 Å². The van der Waals surface area contributed by atoms with E-state index in [0.29, 0.717) is 24.4 Å². The van der Waals surface area contributed by atoms with Crippen molar-refractivity contribution in [3.63, 3.8) is 0 Å². The standard InChI is InChI=1S/C14H18F2O.C10H16N2.C2H2/c1-3-5-10(8-12(17)4-2)11-6-7-13(15)14(16)9-11;1-4-6-9(5-2)10-7-8(3)11-12-10;1-2/h6-7,9-10H,3-5,8H2,1-2H3;4-6,8,11H,7H2,1-3H3;1-2H/b;6-4-,9-5+;. The lowest BCUT2D eigenvalue weighted by Gasteiger charge is -2.15. The van der Waals surface area contributed by atoms with E-state index in [2.05, 4.69) is 42.4 Å². The summed E-state index contributed by atoms with van der Waals surface area (Å²) >= 11 is 0. The van der Waals surface area contributed by atoms with Gasteiger partial charge >= 0.3 is 0 Å². The zero-order valence-electron chi connectivity index (χ0n) is 19.4. The normalized spacial score (nSPS) is 16.4. The minimum absolute atomic E-state index is 0.00236. The smallest absolute Gasteiger partial charge is 0.159 e. The van der Waals surface area contributed by atoms with Crippen LogP contribution in [0.5, 0.6) is 0 Å². The van der Waals surface area contributed by atoms with E-state index in [4.69, 9.17) is 0 Å². The van der Waals surface area contributed by atoms with Gasteiger partial charge < -0.3 is 5.43 Å². The van der Waals surface area contributed by atoms with Crippen LogP contribution in [0.3, 0.4) is 0 Å². The van der Waals surface area contributed by atoms with Gasteiger partial charge in [-0.3, -0.25) is 4.79 Å². The third-order valence-corrected chi connectivity index (χ3v) is 4.83. The number of carbonyl (C=O) groups excluding carboxylic acids is 1. The zero-order chi connectivity index (χ0) is 23.8. The summed E-state index contributed by atoms with van der Waals surface area (Å²) in [5.41, 5.74) is 6.17. The van der Waals surface area contributed by atoms with Crippen molar-refractivity contribution < 1.29 is 13.6 Å². The van der Waals surface area contributed by atoms with Gasteiger partial charge in [0.25, 0.3) is 0 Å². The summed E-state index contributed by atoms with van der Waals surface area (Å²) in [6.07, 6.45) is 17.9. The molecule has 5 heteroatoms. The van der Waals surface area contributed by atoms with Gasteiger partial charge in [0.15, 0.2) is 11.6 Å². The quantitative estimate of drug-likeness (QED) is 0.368. The number of Topliss-reactive ketones (excluding diaryl/α,β-unsaturated/α-hetero) is 1. The van der Waals surface area contributed by atoms with Crippen molar-refractivity contribution in [3.05, 3.63) is 59.2 Å². The summed E-state index contributed by atoms with van der Waals surface area (Å²) in [5.74, 6) is -1.52. The van der Waals surface area contributed by atoms with Crippen LogP contribution in [-0.4, -0.2) is 17.5 Å². The Hall–Kier alpha value is -2.74. The molecule has 170 valence electrons. The minimum atomic E-state index is -0.842. The Balaban J connectivity index is 0.000000564. The summed E-state index contributed by atoms with van der Waals surface area (Å²) in [5, 5.41) is 4.25. The van der Waals surface area contributed by atoms with Crippen LogP contribution in [0, 0.1) is 24.5 Å². The highest BCUT2D eigenvalue weighted by molar-refractivity contribution is 6.03. The van der Waals surface area contributed by atoms with Gasteiger partial charge in [0.2, 0.25) is 0 Å². The number of terminal acetylenes is 1. The molecule has 0 spiro atoms. The van der Waals surface area contributed by atoms with Crippen LogP contribution in [0.25, 0.3) is 0 Å². The molecule has 1 aliphatic heterocycles. The van der Waals surface area contributed by atoms with Crippen molar-refractivity contribution in [2.24, 2.45) is 5.10 Å². The molecule has 2 rings (SSSR count). The molecule has 0 saturated heterocycles. The zero-order valence-corrected chi connectivity index (χ0v) is 19.4. The fraction of sp³-hybridized carbons (Fsp3) is 0.462. The lowest BCUT2D eigenvalue weighted by atomic mass is 9.89. The fourth-order valence-electron chi connectivity index (χ4n) is 3.21. The van der Waals surface area contributed by atoms with Crippen LogP contribution in [0.2, 0.25) is 0 Å². The Morgan fingerprint density at radius 1 is 1.26 bits per heavy atom. The van der Waals surface area contributed by atoms with Gasteiger partial charge in [0.1, 0.15) is 5.78 Å². The Kier molecular flexibility index (Phi) is 14.6. The molecule has 1 aromatic rings. The highest BCUT2D eigenvalue weighted by Crippen LogP contribution is 2.27. The van der Waals surface area contributed by atoms with Crippen molar-refractivity contribution in [1.82, 2.24) is 5.43 Å². The molecule has 3 nitrogen and oxygen atoms in total. The SMILES string of the molecule is C#C.C/C=C\C(=C/C)C1=NNC(C)C1.CCCC(CC(=O)CC)c1ccc(F)c(F)c1. The van der Waals surface area contributed by atoms with Crippen molar-refractivity contribution >= 4 is 11.5 Å². The number of hydrazone groups is 1. The monoisotopic (exact) mass is 430 g/mol. The van der Waals surface area contributed by atoms with Crippen LogP contribution < -0.4 is 5.43 Å². The van der Waals surface area contributed by atoms with Gasteiger partial charge in [0, 0.05) is 25.3 Å². The van der Waals surface area contributed by atoms with Crippen LogP contribution in [0.4, 0.5) is 8.78 Å². The molecular formula is C26H36F2N2O. The van der Waals surface area contributed by atoms with Crippen LogP contribution in [0.15, 0.2) is 47.1 Å². The molecule has 0 aromatic heterocycles. The second-order valence-corrected chi connectivity index (χ2v) is 7.29. The van der Waals surface area contributed by atoms with E-state index in [1.807, 2.05) is 33.8 Å². The molecule has 31 heavy (non-hydrogen) atoms. The number of rotatable bonds is 8. The van der Waals surface area contributed by atoms with Gasteiger partial charge in [-0.1, -0.05) is 44.6 Å². The number of ketones is 1. The first-order chi connectivity index (χ1) is 14.9. The number of hydrogen-bond donors (Lipinski definition) is 1. The average Bonchev–Trinajstić information content (AvgIpc) is 3.21. The highest BCUT2D eigenvalue weighted by atomic mass is 19.2. The van der Waals surface area contributed by atoms with E-state index in [1.54, 1.807) is 6.07 Å². The second kappa shape index (κ2) is 16.0. The number of nitrogens with one attached hydrogen (secondary N) is 1. The maximum Gasteiger partial charge on any atom is 0.159 e. The van der Waals surface area contributed by atoms with Crippen molar-refractivity contribution in [2.75, 3.05) is 0 Å². The lowest BCUT2D eigenvalue weighted by molar-refractivity contribution is -0.119. The summed E-state index contributed by atoms with van der Waals surface area (Å²) in [4.78, 5) is 11.5. The van der Waals surface area contributed by atoms with Gasteiger partial charge in [-0.15, -0.1) is 12.8 Å². The van der Waals surface area contributed by atoms with Crippen molar-refractivity contribution in [2.45, 2.75) is 78.7 Å². The molecule has 1 heterocycles. The van der Waals surface area contributed by atoms with E-state index >= 15 is 0 Å². The maximum absolute atomic E-state index is 13.1. The van der Waals surface area contributed by atoms with E-state index in [-0.39, 0.29) is 11.7 Å². The average molecular weight is 431 g/mol. The number of hydrogen-bond acceptors (Lipinski definition) is 3.